The summed E-state index contributed by atoms with van der Waals surface area (Å²) in [4.78, 5) is 13.2. The standard InChI is InChI=1S/C30H29N3O3/c1-20-27-25(33-32-22-10-6-4-7-11-22)18-30(2,3)19-26(27)36-28(20)29(34)31-21-14-16-24(17-15-21)35-23-12-8-5-9-13-23/h4-17,32H,18-19H2,1-3H3,(H,31,34)/b33-25-. The summed E-state index contributed by atoms with van der Waals surface area (Å²) in [6.07, 6.45) is 1.52. The van der Waals surface area contributed by atoms with Crippen molar-refractivity contribution in [3.63, 3.8) is 0 Å². The minimum Gasteiger partial charge on any atom is -0.457 e. The third kappa shape index (κ3) is 5.18. The maximum atomic E-state index is 13.2. The summed E-state index contributed by atoms with van der Waals surface area (Å²) in [5.41, 5.74) is 7.32. The van der Waals surface area contributed by atoms with E-state index in [9.17, 15) is 4.79 Å². The molecule has 0 atom stereocenters. The zero-order valence-corrected chi connectivity index (χ0v) is 20.7. The number of carbonyl (C=O) groups is 1. The lowest BCUT2D eigenvalue weighted by atomic mass is 9.75. The quantitative estimate of drug-likeness (QED) is 0.282. The van der Waals surface area contributed by atoms with Gasteiger partial charge < -0.3 is 14.5 Å². The van der Waals surface area contributed by atoms with Crippen LogP contribution < -0.4 is 15.5 Å². The van der Waals surface area contributed by atoms with Crippen LogP contribution in [0.2, 0.25) is 0 Å². The van der Waals surface area contributed by atoms with Crippen LogP contribution in [0.5, 0.6) is 11.5 Å². The van der Waals surface area contributed by atoms with Crippen LogP contribution in [-0.4, -0.2) is 11.6 Å². The highest BCUT2D eigenvalue weighted by molar-refractivity contribution is 6.09. The number of hydrazone groups is 1. The molecule has 0 spiro atoms. The Morgan fingerprint density at radius 1 is 0.861 bits per heavy atom. The Morgan fingerprint density at radius 3 is 2.19 bits per heavy atom. The van der Waals surface area contributed by atoms with Crippen molar-refractivity contribution >= 4 is 23.0 Å². The van der Waals surface area contributed by atoms with Gasteiger partial charge in [0.15, 0.2) is 5.76 Å². The molecule has 0 aliphatic heterocycles. The molecule has 5 rings (SSSR count). The predicted molar refractivity (Wildman–Crippen MR) is 143 cm³/mol. The topological polar surface area (TPSA) is 75.9 Å². The van der Waals surface area contributed by atoms with E-state index in [4.69, 9.17) is 14.3 Å². The molecule has 36 heavy (non-hydrogen) atoms. The van der Waals surface area contributed by atoms with Gasteiger partial charge in [0.1, 0.15) is 17.3 Å². The summed E-state index contributed by atoms with van der Waals surface area (Å²) >= 11 is 0. The number of benzene rings is 3. The normalized spacial score (nSPS) is 15.2. The maximum Gasteiger partial charge on any atom is 0.291 e. The van der Waals surface area contributed by atoms with E-state index in [0.717, 1.165) is 46.9 Å². The second kappa shape index (κ2) is 9.74. The lowest BCUT2D eigenvalue weighted by Gasteiger charge is -2.29. The van der Waals surface area contributed by atoms with Gasteiger partial charge in [-0.15, -0.1) is 0 Å². The van der Waals surface area contributed by atoms with Gasteiger partial charge in [-0.05, 0) is 67.3 Å². The Morgan fingerprint density at radius 2 is 1.50 bits per heavy atom. The fraction of sp³-hybridized carbons (Fsp3) is 0.200. The van der Waals surface area contributed by atoms with Crippen molar-refractivity contribution in [3.05, 3.63) is 108 Å². The van der Waals surface area contributed by atoms with E-state index in [2.05, 4.69) is 24.6 Å². The fourth-order valence-electron chi connectivity index (χ4n) is 4.49. The van der Waals surface area contributed by atoms with Gasteiger partial charge in [-0.2, -0.15) is 5.10 Å². The summed E-state index contributed by atoms with van der Waals surface area (Å²) in [6, 6.07) is 26.7. The van der Waals surface area contributed by atoms with Gasteiger partial charge in [-0.1, -0.05) is 50.2 Å². The average Bonchev–Trinajstić information content (AvgIpc) is 3.20. The van der Waals surface area contributed by atoms with E-state index >= 15 is 0 Å². The molecule has 182 valence electrons. The SMILES string of the molecule is Cc1c(C(=O)Nc2ccc(Oc3ccccc3)cc2)oc2c1/C(=N\Nc1ccccc1)CC(C)(C)C2. The number of para-hydroxylation sites is 2. The molecule has 1 heterocycles. The van der Waals surface area contributed by atoms with Crippen LogP contribution in [0, 0.1) is 12.3 Å². The number of rotatable bonds is 6. The van der Waals surface area contributed by atoms with E-state index < -0.39 is 0 Å². The number of hydrogen-bond donors (Lipinski definition) is 2. The van der Waals surface area contributed by atoms with E-state index in [-0.39, 0.29) is 11.3 Å². The van der Waals surface area contributed by atoms with Crippen molar-refractivity contribution in [2.75, 3.05) is 10.7 Å². The molecule has 0 unspecified atom stereocenters. The van der Waals surface area contributed by atoms with Crippen LogP contribution in [0.25, 0.3) is 0 Å². The van der Waals surface area contributed by atoms with Gasteiger partial charge in [0.05, 0.1) is 11.4 Å². The number of furan rings is 1. The van der Waals surface area contributed by atoms with Gasteiger partial charge in [0, 0.05) is 23.2 Å². The summed E-state index contributed by atoms with van der Waals surface area (Å²) in [5.74, 6) is 2.28. The molecule has 0 radical (unpaired) electrons. The van der Waals surface area contributed by atoms with E-state index in [1.807, 2.05) is 91.9 Å². The van der Waals surface area contributed by atoms with Crippen molar-refractivity contribution in [3.8, 4) is 11.5 Å². The number of hydrogen-bond acceptors (Lipinski definition) is 5. The Kier molecular flexibility index (Phi) is 6.34. The summed E-state index contributed by atoms with van der Waals surface area (Å²) in [7, 11) is 0. The van der Waals surface area contributed by atoms with Gasteiger partial charge in [-0.3, -0.25) is 10.2 Å². The molecular formula is C30H29N3O3. The Bertz CT molecular complexity index is 1390. The van der Waals surface area contributed by atoms with Gasteiger partial charge in [0.25, 0.3) is 5.91 Å². The van der Waals surface area contributed by atoms with Crippen molar-refractivity contribution in [2.24, 2.45) is 10.5 Å². The van der Waals surface area contributed by atoms with Crippen LogP contribution in [0.3, 0.4) is 0 Å². The number of nitrogens with zero attached hydrogens (tertiary/aromatic N) is 1. The molecule has 2 N–H and O–H groups in total. The molecule has 0 saturated carbocycles. The first-order valence-electron chi connectivity index (χ1n) is 12.0. The van der Waals surface area contributed by atoms with Gasteiger partial charge in [0.2, 0.25) is 0 Å². The first-order chi connectivity index (χ1) is 17.4. The van der Waals surface area contributed by atoms with Gasteiger partial charge >= 0.3 is 0 Å². The van der Waals surface area contributed by atoms with Crippen molar-refractivity contribution < 1.29 is 13.9 Å². The third-order valence-electron chi connectivity index (χ3n) is 6.18. The smallest absolute Gasteiger partial charge is 0.291 e. The molecule has 1 aliphatic rings. The second-order valence-corrected chi connectivity index (χ2v) is 9.80. The van der Waals surface area contributed by atoms with Crippen molar-refractivity contribution in [1.82, 2.24) is 0 Å². The number of amides is 1. The van der Waals surface area contributed by atoms with Crippen LogP contribution >= 0.6 is 0 Å². The van der Waals surface area contributed by atoms with Crippen molar-refractivity contribution in [1.29, 1.82) is 0 Å². The molecule has 1 aromatic heterocycles. The fourth-order valence-corrected chi connectivity index (χ4v) is 4.49. The second-order valence-electron chi connectivity index (χ2n) is 9.80. The van der Waals surface area contributed by atoms with Crippen LogP contribution in [0.1, 0.15) is 47.7 Å². The lowest BCUT2D eigenvalue weighted by Crippen LogP contribution is -2.27. The third-order valence-corrected chi connectivity index (χ3v) is 6.18. The molecule has 1 aliphatic carbocycles. The highest BCUT2D eigenvalue weighted by Crippen LogP contribution is 2.39. The van der Waals surface area contributed by atoms with Crippen LogP contribution in [-0.2, 0) is 6.42 Å². The molecule has 6 nitrogen and oxygen atoms in total. The molecule has 6 heteroatoms. The number of carbonyl (C=O) groups excluding carboxylic acids is 1. The number of ether oxygens (including phenoxy) is 1. The van der Waals surface area contributed by atoms with E-state index in [1.165, 1.54) is 0 Å². The highest BCUT2D eigenvalue weighted by Gasteiger charge is 2.36. The molecule has 0 fully saturated rings. The van der Waals surface area contributed by atoms with E-state index in [0.29, 0.717) is 17.2 Å². The molecule has 0 bridgehead atoms. The van der Waals surface area contributed by atoms with Crippen molar-refractivity contribution in [2.45, 2.75) is 33.6 Å². The Hall–Kier alpha value is -4.32. The summed E-state index contributed by atoms with van der Waals surface area (Å²) < 4.78 is 12.0. The Balaban J connectivity index is 1.35. The monoisotopic (exact) mass is 479 g/mol. The zero-order chi connectivity index (χ0) is 25.1. The van der Waals surface area contributed by atoms with Gasteiger partial charge in [-0.25, -0.2) is 0 Å². The minimum absolute atomic E-state index is 0.0309. The van der Waals surface area contributed by atoms with E-state index in [1.54, 1.807) is 0 Å². The lowest BCUT2D eigenvalue weighted by molar-refractivity contribution is 0.0993. The Labute approximate surface area is 211 Å². The number of anilines is 2. The van der Waals surface area contributed by atoms with Crippen LogP contribution in [0.15, 0.2) is 94.4 Å². The number of fused-ring (bicyclic) bond motifs is 1. The molecule has 1 amide bonds. The zero-order valence-electron chi connectivity index (χ0n) is 20.7. The largest absolute Gasteiger partial charge is 0.457 e. The maximum absolute atomic E-state index is 13.2. The first kappa shape index (κ1) is 23.4. The molecular weight excluding hydrogens is 450 g/mol. The summed E-state index contributed by atoms with van der Waals surface area (Å²) in [6.45, 7) is 6.29. The van der Waals surface area contributed by atoms with Crippen LogP contribution in [0.4, 0.5) is 11.4 Å². The predicted octanol–water partition coefficient (Wildman–Crippen LogP) is 7.42. The molecule has 4 aromatic rings. The molecule has 3 aromatic carbocycles. The minimum atomic E-state index is -0.285. The first-order valence-corrected chi connectivity index (χ1v) is 12.0. The number of nitrogens with one attached hydrogen (secondary N) is 2. The summed E-state index contributed by atoms with van der Waals surface area (Å²) in [5, 5.41) is 7.66. The average molecular weight is 480 g/mol. The molecule has 0 saturated heterocycles. The highest BCUT2D eigenvalue weighted by atomic mass is 16.5.